The molecule has 2 heterocycles. The second-order valence-electron chi connectivity index (χ2n) is 6.44. The number of benzene rings is 1. The Bertz CT molecular complexity index is 679. The van der Waals surface area contributed by atoms with Crippen LogP contribution in [-0.2, 0) is 9.59 Å². The highest BCUT2D eigenvalue weighted by molar-refractivity contribution is 5.82. The standard InChI is InChI=1S/C18H21F2N3O2/c1-2-17(24)22-7-4-12(5-8-22)18(25)23-16(3-6-21-23)13-9-14(19)11-15(20)10-13/h6,9-12,16H,2-5,7-8H2,1H3/t16-/m0/s1. The Labute approximate surface area is 145 Å². The van der Waals surface area contributed by atoms with Gasteiger partial charge in [-0.15, -0.1) is 0 Å². The first-order chi connectivity index (χ1) is 12.0. The molecule has 2 aliphatic rings. The molecule has 0 spiro atoms. The summed E-state index contributed by atoms with van der Waals surface area (Å²) in [6, 6.07) is 2.82. The van der Waals surface area contributed by atoms with E-state index in [9.17, 15) is 18.4 Å². The molecule has 1 atom stereocenters. The molecule has 1 saturated heterocycles. The van der Waals surface area contributed by atoms with Crippen molar-refractivity contribution < 1.29 is 18.4 Å². The van der Waals surface area contributed by atoms with Gasteiger partial charge in [0.15, 0.2) is 0 Å². The van der Waals surface area contributed by atoms with E-state index >= 15 is 0 Å². The molecule has 134 valence electrons. The van der Waals surface area contributed by atoms with Crippen LogP contribution in [0.5, 0.6) is 0 Å². The summed E-state index contributed by atoms with van der Waals surface area (Å²) in [7, 11) is 0. The molecule has 0 unspecified atom stereocenters. The Morgan fingerprint density at radius 2 is 1.80 bits per heavy atom. The molecule has 0 aliphatic carbocycles. The summed E-state index contributed by atoms with van der Waals surface area (Å²) < 4.78 is 27.0. The van der Waals surface area contributed by atoms with Crippen LogP contribution >= 0.6 is 0 Å². The van der Waals surface area contributed by atoms with Gasteiger partial charge >= 0.3 is 0 Å². The van der Waals surface area contributed by atoms with Crippen molar-refractivity contribution in [1.29, 1.82) is 0 Å². The van der Waals surface area contributed by atoms with Crippen LogP contribution in [0.25, 0.3) is 0 Å². The number of carbonyl (C=O) groups excluding carboxylic acids is 2. The van der Waals surface area contributed by atoms with Gasteiger partial charge in [0.05, 0.1) is 6.04 Å². The van der Waals surface area contributed by atoms with Gasteiger partial charge in [0, 0.05) is 44.1 Å². The average Bonchev–Trinajstić information content (AvgIpc) is 3.09. The predicted octanol–water partition coefficient (Wildman–Crippen LogP) is 2.87. The topological polar surface area (TPSA) is 53.0 Å². The Morgan fingerprint density at radius 1 is 1.16 bits per heavy atom. The minimum absolute atomic E-state index is 0.0956. The van der Waals surface area contributed by atoms with E-state index in [-0.39, 0.29) is 17.7 Å². The van der Waals surface area contributed by atoms with Crippen molar-refractivity contribution in [2.75, 3.05) is 13.1 Å². The number of amides is 2. The zero-order chi connectivity index (χ0) is 18.0. The fraction of sp³-hybridized carbons (Fsp3) is 0.500. The molecule has 2 amide bonds. The van der Waals surface area contributed by atoms with Crippen molar-refractivity contribution in [3.63, 3.8) is 0 Å². The molecular weight excluding hydrogens is 328 g/mol. The van der Waals surface area contributed by atoms with Gasteiger partial charge in [-0.25, -0.2) is 13.8 Å². The first-order valence-electron chi connectivity index (χ1n) is 8.59. The van der Waals surface area contributed by atoms with Crippen LogP contribution in [0.3, 0.4) is 0 Å². The van der Waals surface area contributed by atoms with Crippen molar-refractivity contribution in [2.24, 2.45) is 11.0 Å². The van der Waals surface area contributed by atoms with Gasteiger partial charge < -0.3 is 4.90 Å². The summed E-state index contributed by atoms with van der Waals surface area (Å²) in [5, 5.41) is 5.48. The third-order valence-electron chi connectivity index (χ3n) is 4.82. The van der Waals surface area contributed by atoms with Crippen molar-refractivity contribution >= 4 is 18.0 Å². The van der Waals surface area contributed by atoms with Crippen molar-refractivity contribution in [3.05, 3.63) is 35.4 Å². The Kier molecular flexibility index (Phi) is 5.11. The van der Waals surface area contributed by atoms with Crippen LogP contribution in [0, 0.1) is 17.6 Å². The first kappa shape index (κ1) is 17.5. The van der Waals surface area contributed by atoms with E-state index < -0.39 is 17.7 Å². The SMILES string of the molecule is CCC(=O)N1CCC(C(=O)N2N=CC[C@H]2c2cc(F)cc(F)c2)CC1. The van der Waals surface area contributed by atoms with Gasteiger partial charge in [0.1, 0.15) is 11.6 Å². The summed E-state index contributed by atoms with van der Waals surface area (Å²) in [5.41, 5.74) is 0.405. The molecule has 0 bridgehead atoms. The Balaban J connectivity index is 1.69. The van der Waals surface area contributed by atoms with E-state index in [0.717, 1.165) is 6.07 Å². The maximum atomic E-state index is 13.5. The third-order valence-corrected chi connectivity index (χ3v) is 4.82. The summed E-state index contributed by atoms with van der Waals surface area (Å²) in [6.07, 6.45) is 3.66. The lowest BCUT2D eigenvalue weighted by molar-refractivity contribution is -0.142. The number of hydrogen-bond acceptors (Lipinski definition) is 3. The molecule has 0 aromatic heterocycles. The molecule has 3 rings (SSSR count). The number of hydrogen-bond donors (Lipinski definition) is 0. The van der Waals surface area contributed by atoms with E-state index in [1.807, 2.05) is 6.92 Å². The number of carbonyl (C=O) groups is 2. The van der Waals surface area contributed by atoms with Gasteiger partial charge in [0.2, 0.25) is 11.8 Å². The Hall–Kier alpha value is -2.31. The van der Waals surface area contributed by atoms with Crippen LogP contribution in [0.2, 0.25) is 0 Å². The molecule has 5 nitrogen and oxygen atoms in total. The molecule has 7 heteroatoms. The molecule has 1 aromatic carbocycles. The number of piperidine rings is 1. The van der Waals surface area contributed by atoms with Crippen molar-refractivity contribution in [2.45, 2.75) is 38.6 Å². The highest BCUT2D eigenvalue weighted by Crippen LogP contribution is 2.32. The van der Waals surface area contributed by atoms with Crippen molar-refractivity contribution in [1.82, 2.24) is 9.91 Å². The second kappa shape index (κ2) is 7.29. The fourth-order valence-corrected chi connectivity index (χ4v) is 3.46. The number of hydrazone groups is 1. The number of nitrogens with zero attached hydrogens (tertiary/aromatic N) is 3. The maximum Gasteiger partial charge on any atom is 0.246 e. The highest BCUT2D eigenvalue weighted by Gasteiger charge is 2.35. The summed E-state index contributed by atoms with van der Waals surface area (Å²) in [5.74, 6) is -1.61. The molecule has 0 radical (unpaired) electrons. The van der Waals surface area contributed by atoms with Crippen LogP contribution < -0.4 is 0 Å². The quantitative estimate of drug-likeness (QED) is 0.843. The molecule has 1 aromatic rings. The number of rotatable bonds is 3. The van der Waals surface area contributed by atoms with Gasteiger partial charge in [-0.2, -0.15) is 5.10 Å². The van der Waals surface area contributed by atoms with Gasteiger partial charge in [-0.3, -0.25) is 9.59 Å². The zero-order valence-electron chi connectivity index (χ0n) is 14.1. The lowest BCUT2D eigenvalue weighted by atomic mass is 9.94. The van der Waals surface area contributed by atoms with Crippen LogP contribution in [-0.4, -0.2) is 41.0 Å². The van der Waals surface area contributed by atoms with Crippen LogP contribution in [0.4, 0.5) is 8.78 Å². The van der Waals surface area contributed by atoms with E-state index in [2.05, 4.69) is 5.10 Å². The highest BCUT2D eigenvalue weighted by atomic mass is 19.1. The van der Waals surface area contributed by atoms with E-state index in [0.29, 0.717) is 44.3 Å². The minimum atomic E-state index is -0.666. The van der Waals surface area contributed by atoms with Crippen molar-refractivity contribution in [3.8, 4) is 0 Å². The lowest BCUT2D eigenvalue weighted by Crippen LogP contribution is -2.43. The van der Waals surface area contributed by atoms with E-state index in [1.165, 1.54) is 17.1 Å². The third kappa shape index (κ3) is 3.70. The number of halogens is 2. The minimum Gasteiger partial charge on any atom is -0.343 e. The molecule has 1 fully saturated rings. The van der Waals surface area contributed by atoms with Gasteiger partial charge in [-0.05, 0) is 30.5 Å². The lowest BCUT2D eigenvalue weighted by Gasteiger charge is -2.33. The molecule has 2 aliphatic heterocycles. The summed E-state index contributed by atoms with van der Waals surface area (Å²) in [6.45, 7) is 2.93. The van der Waals surface area contributed by atoms with Gasteiger partial charge in [0.25, 0.3) is 0 Å². The monoisotopic (exact) mass is 349 g/mol. The largest absolute Gasteiger partial charge is 0.343 e. The van der Waals surface area contributed by atoms with Crippen LogP contribution in [0.1, 0.15) is 44.2 Å². The normalized spacial score (nSPS) is 21.0. The molecule has 0 saturated carbocycles. The molecule has 25 heavy (non-hydrogen) atoms. The predicted molar refractivity (Wildman–Crippen MR) is 88.6 cm³/mol. The number of likely N-dealkylation sites (tertiary alicyclic amines) is 1. The average molecular weight is 349 g/mol. The smallest absolute Gasteiger partial charge is 0.246 e. The van der Waals surface area contributed by atoms with Gasteiger partial charge in [-0.1, -0.05) is 6.92 Å². The summed E-state index contributed by atoms with van der Waals surface area (Å²) in [4.78, 5) is 26.3. The first-order valence-corrected chi connectivity index (χ1v) is 8.59. The summed E-state index contributed by atoms with van der Waals surface area (Å²) >= 11 is 0. The Morgan fingerprint density at radius 3 is 2.40 bits per heavy atom. The second-order valence-corrected chi connectivity index (χ2v) is 6.44. The van der Waals surface area contributed by atoms with Crippen LogP contribution in [0.15, 0.2) is 23.3 Å². The van der Waals surface area contributed by atoms with E-state index in [4.69, 9.17) is 0 Å². The molecule has 0 N–H and O–H groups in total. The fourth-order valence-electron chi connectivity index (χ4n) is 3.46. The molecular formula is C18H21F2N3O2. The van der Waals surface area contributed by atoms with E-state index in [1.54, 1.807) is 11.1 Å². The maximum absolute atomic E-state index is 13.5. The zero-order valence-corrected chi connectivity index (χ0v) is 14.1.